The van der Waals surface area contributed by atoms with E-state index in [1.807, 2.05) is 0 Å². The summed E-state index contributed by atoms with van der Waals surface area (Å²) in [6.45, 7) is 4.25. The van der Waals surface area contributed by atoms with Crippen molar-refractivity contribution in [2.45, 2.75) is 38.8 Å². The second-order valence-electron chi connectivity index (χ2n) is 4.45. The van der Waals surface area contributed by atoms with Crippen molar-refractivity contribution in [3.63, 3.8) is 0 Å². The van der Waals surface area contributed by atoms with Crippen LogP contribution in [0.2, 0.25) is 0 Å². The van der Waals surface area contributed by atoms with Crippen LogP contribution in [0, 0.1) is 11.7 Å². The van der Waals surface area contributed by atoms with Crippen molar-refractivity contribution in [2.24, 2.45) is 5.92 Å². The first-order chi connectivity index (χ1) is 7.16. The third-order valence-corrected chi connectivity index (χ3v) is 3.07. The maximum Gasteiger partial charge on any atom is 0.141 e. The van der Waals surface area contributed by atoms with E-state index < -0.39 is 0 Å². The molecular formula is C12H17FN2. The number of hydrogen-bond acceptors (Lipinski definition) is 2. The Labute approximate surface area is 89.9 Å². The van der Waals surface area contributed by atoms with Crippen molar-refractivity contribution in [1.29, 1.82) is 0 Å². The van der Waals surface area contributed by atoms with Gasteiger partial charge in [-0.3, -0.25) is 4.98 Å². The van der Waals surface area contributed by atoms with Crippen molar-refractivity contribution in [3.05, 3.63) is 29.8 Å². The minimum atomic E-state index is -0.264. The monoisotopic (exact) mass is 208 g/mol. The molecule has 0 amide bonds. The van der Waals surface area contributed by atoms with Crippen LogP contribution in [0.5, 0.6) is 0 Å². The van der Waals surface area contributed by atoms with Gasteiger partial charge >= 0.3 is 0 Å². The largest absolute Gasteiger partial charge is 0.307 e. The van der Waals surface area contributed by atoms with Crippen LogP contribution in [-0.4, -0.2) is 11.0 Å². The molecule has 1 fully saturated rings. The molecule has 0 bridgehead atoms. The molecule has 1 N–H and O–H groups in total. The van der Waals surface area contributed by atoms with Crippen molar-refractivity contribution >= 4 is 0 Å². The first-order valence-electron chi connectivity index (χ1n) is 5.53. The van der Waals surface area contributed by atoms with Crippen LogP contribution < -0.4 is 5.32 Å². The van der Waals surface area contributed by atoms with E-state index in [0.29, 0.717) is 6.04 Å². The van der Waals surface area contributed by atoms with Gasteiger partial charge in [0.15, 0.2) is 0 Å². The Hall–Kier alpha value is -0.960. The summed E-state index contributed by atoms with van der Waals surface area (Å²) < 4.78 is 12.9. The molecule has 1 aromatic rings. The van der Waals surface area contributed by atoms with E-state index >= 15 is 0 Å². The van der Waals surface area contributed by atoms with Crippen LogP contribution in [0.4, 0.5) is 4.39 Å². The number of aromatic nitrogens is 1. The molecule has 2 atom stereocenters. The Morgan fingerprint density at radius 1 is 1.40 bits per heavy atom. The first-order valence-corrected chi connectivity index (χ1v) is 5.53. The second-order valence-corrected chi connectivity index (χ2v) is 4.45. The van der Waals surface area contributed by atoms with Crippen LogP contribution in [0.25, 0.3) is 0 Å². The molecule has 2 unspecified atom stereocenters. The van der Waals surface area contributed by atoms with Gasteiger partial charge in [-0.15, -0.1) is 0 Å². The summed E-state index contributed by atoms with van der Waals surface area (Å²) in [7, 11) is 0. The van der Waals surface area contributed by atoms with Crippen molar-refractivity contribution in [3.8, 4) is 0 Å². The van der Waals surface area contributed by atoms with Gasteiger partial charge in [0, 0.05) is 18.3 Å². The average Bonchev–Trinajstić information content (AvgIpc) is 3.00. The van der Waals surface area contributed by atoms with Crippen LogP contribution >= 0.6 is 0 Å². The fraction of sp³-hybridized carbons (Fsp3) is 0.583. The lowest BCUT2D eigenvalue weighted by atomic mass is 10.1. The molecule has 1 aliphatic carbocycles. The summed E-state index contributed by atoms with van der Waals surface area (Å²) in [5, 5.41) is 3.48. The molecule has 0 saturated heterocycles. The van der Waals surface area contributed by atoms with E-state index in [1.165, 1.54) is 19.0 Å². The maximum atomic E-state index is 12.9. The van der Waals surface area contributed by atoms with Crippen LogP contribution in [0.1, 0.15) is 38.3 Å². The molecule has 1 aliphatic rings. The minimum absolute atomic E-state index is 0.170. The van der Waals surface area contributed by atoms with Gasteiger partial charge < -0.3 is 5.32 Å². The average molecular weight is 208 g/mol. The van der Waals surface area contributed by atoms with E-state index in [9.17, 15) is 4.39 Å². The van der Waals surface area contributed by atoms with Crippen molar-refractivity contribution < 1.29 is 4.39 Å². The highest BCUT2D eigenvalue weighted by atomic mass is 19.1. The Morgan fingerprint density at radius 2 is 2.13 bits per heavy atom. The van der Waals surface area contributed by atoms with E-state index in [1.54, 1.807) is 12.3 Å². The molecule has 2 rings (SSSR count). The van der Waals surface area contributed by atoms with Crippen LogP contribution in [0.15, 0.2) is 18.5 Å². The molecule has 0 radical (unpaired) electrons. The van der Waals surface area contributed by atoms with Gasteiger partial charge in [-0.25, -0.2) is 4.39 Å². The summed E-state index contributed by atoms with van der Waals surface area (Å²) in [6, 6.07) is 2.23. The van der Waals surface area contributed by atoms with Crippen molar-refractivity contribution in [2.75, 3.05) is 0 Å². The molecule has 15 heavy (non-hydrogen) atoms. The molecule has 1 saturated carbocycles. The molecular weight excluding hydrogens is 191 g/mol. The lowest BCUT2D eigenvalue weighted by Crippen LogP contribution is -2.30. The Balaban J connectivity index is 1.97. The summed E-state index contributed by atoms with van der Waals surface area (Å²) in [5.41, 5.74) is 0.919. The molecule has 0 aromatic carbocycles. The summed E-state index contributed by atoms with van der Waals surface area (Å²) in [6.07, 6.45) is 5.60. The molecule has 3 heteroatoms. The molecule has 82 valence electrons. The second kappa shape index (κ2) is 4.27. The number of hydrogen-bond donors (Lipinski definition) is 1. The van der Waals surface area contributed by atoms with Gasteiger partial charge in [0.05, 0.1) is 6.20 Å². The third-order valence-electron chi connectivity index (χ3n) is 3.07. The SMILES string of the molecule is CC(NC(C)C1CC1)c1cncc(F)c1. The number of pyridine rings is 1. The first kappa shape index (κ1) is 10.6. The van der Waals surface area contributed by atoms with E-state index in [0.717, 1.165) is 11.5 Å². The van der Waals surface area contributed by atoms with Gasteiger partial charge in [-0.05, 0) is 44.2 Å². The van der Waals surface area contributed by atoms with Gasteiger partial charge in [-0.2, -0.15) is 0 Å². The lowest BCUT2D eigenvalue weighted by molar-refractivity contribution is 0.439. The highest BCUT2D eigenvalue weighted by Crippen LogP contribution is 2.33. The van der Waals surface area contributed by atoms with E-state index in [4.69, 9.17) is 0 Å². The highest BCUT2D eigenvalue weighted by molar-refractivity contribution is 5.14. The lowest BCUT2D eigenvalue weighted by Gasteiger charge is -2.19. The number of nitrogens with zero attached hydrogens (tertiary/aromatic N) is 1. The zero-order valence-electron chi connectivity index (χ0n) is 9.20. The molecule has 1 aromatic heterocycles. The Morgan fingerprint density at radius 3 is 2.73 bits per heavy atom. The summed E-state index contributed by atoms with van der Waals surface area (Å²) in [4.78, 5) is 3.86. The topological polar surface area (TPSA) is 24.9 Å². The van der Waals surface area contributed by atoms with Crippen LogP contribution in [0.3, 0.4) is 0 Å². The molecule has 0 spiro atoms. The summed E-state index contributed by atoms with van der Waals surface area (Å²) in [5.74, 6) is 0.550. The Kier molecular flexibility index (Phi) is 3.00. The van der Waals surface area contributed by atoms with Crippen LogP contribution in [-0.2, 0) is 0 Å². The number of nitrogens with one attached hydrogen (secondary N) is 1. The highest BCUT2D eigenvalue weighted by Gasteiger charge is 2.28. The van der Waals surface area contributed by atoms with Gasteiger partial charge in [0.1, 0.15) is 5.82 Å². The number of rotatable bonds is 4. The van der Waals surface area contributed by atoms with Gasteiger partial charge in [0.2, 0.25) is 0 Å². The predicted octanol–water partition coefficient (Wildman–Crippen LogP) is 2.67. The van der Waals surface area contributed by atoms with E-state index in [2.05, 4.69) is 24.1 Å². The zero-order valence-corrected chi connectivity index (χ0v) is 9.20. The fourth-order valence-electron chi connectivity index (χ4n) is 1.89. The quantitative estimate of drug-likeness (QED) is 0.822. The molecule has 1 heterocycles. The molecule has 0 aliphatic heterocycles. The number of halogens is 1. The smallest absolute Gasteiger partial charge is 0.141 e. The fourth-order valence-corrected chi connectivity index (χ4v) is 1.89. The van der Waals surface area contributed by atoms with Crippen molar-refractivity contribution in [1.82, 2.24) is 10.3 Å². The predicted molar refractivity (Wildman–Crippen MR) is 57.9 cm³/mol. The van der Waals surface area contributed by atoms with Gasteiger partial charge in [0.25, 0.3) is 0 Å². The van der Waals surface area contributed by atoms with Gasteiger partial charge in [-0.1, -0.05) is 0 Å². The normalized spacial score (nSPS) is 19.9. The zero-order chi connectivity index (χ0) is 10.8. The van der Waals surface area contributed by atoms with E-state index in [-0.39, 0.29) is 11.9 Å². The standard InChI is InChI=1S/C12H17FN2/c1-8(10-3-4-10)15-9(2)11-5-12(13)7-14-6-11/h5-10,15H,3-4H2,1-2H3. The minimum Gasteiger partial charge on any atom is -0.307 e. The molecule has 2 nitrogen and oxygen atoms in total. The summed E-state index contributed by atoms with van der Waals surface area (Å²) >= 11 is 0. The third kappa shape index (κ3) is 2.75. The maximum absolute atomic E-state index is 12.9. The Bertz CT molecular complexity index is 336.